The van der Waals surface area contributed by atoms with Crippen LogP contribution in [0.1, 0.15) is 24.2 Å². The Bertz CT molecular complexity index is 468. The fourth-order valence-corrected chi connectivity index (χ4v) is 2.18. The highest BCUT2D eigenvalue weighted by molar-refractivity contribution is 7.07. The number of halogens is 1. The third-order valence-electron chi connectivity index (χ3n) is 2.46. The van der Waals surface area contributed by atoms with Crippen molar-refractivity contribution in [3.8, 4) is 0 Å². The van der Waals surface area contributed by atoms with Crippen molar-refractivity contribution in [3.05, 3.63) is 46.2 Å². The zero-order valence-corrected chi connectivity index (χ0v) is 10.0. The number of hydrogen-bond acceptors (Lipinski definition) is 3. The Morgan fingerprint density at radius 3 is 2.88 bits per heavy atom. The minimum Gasteiger partial charge on any atom is -0.377 e. The molecule has 4 heteroatoms. The standard InChI is InChI=1S/C12H13FN2S/c1-8-5-10(13)3-4-11(8)15-9(2)12-6-16-7-14-12/h3-7,9,15H,1-2H3. The van der Waals surface area contributed by atoms with Crippen molar-refractivity contribution in [2.24, 2.45) is 0 Å². The fraction of sp³-hybridized carbons (Fsp3) is 0.250. The average Bonchev–Trinajstić information content (AvgIpc) is 2.75. The molecule has 1 heterocycles. The number of aryl methyl sites for hydroxylation is 1. The van der Waals surface area contributed by atoms with Gasteiger partial charge in [0.2, 0.25) is 0 Å². The van der Waals surface area contributed by atoms with E-state index in [1.807, 2.05) is 24.7 Å². The summed E-state index contributed by atoms with van der Waals surface area (Å²) in [5.41, 5.74) is 4.67. The van der Waals surface area contributed by atoms with Crippen LogP contribution in [0.15, 0.2) is 29.1 Å². The molecule has 0 saturated carbocycles. The van der Waals surface area contributed by atoms with Gasteiger partial charge in [0, 0.05) is 11.1 Å². The van der Waals surface area contributed by atoms with Crippen molar-refractivity contribution in [1.82, 2.24) is 4.98 Å². The van der Waals surface area contributed by atoms with Crippen LogP contribution in [-0.4, -0.2) is 4.98 Å². The van der Waals surface area contributed by atoms with E-state index in [1.165, 1.54) is 12.1 Å². The first kappa shape index (κ1) is 11.1. The number of aromatic nitrogens is 1. The molecule has 2 nitrogen and oxygen atoms in total. The van der Waals surface area contributed by atoms with Gasteiger partial charge in [0.15, 0.2) is 0 Å². The molecule has 1 atom stereocenters. The molecule has 1 unspecified atom stereocenters. The summed E-state index contributed by atoms with van der Waals surface area (Å²) in [5.74, 6) is -0.204. The Kier molecular flexibility index (Phi) is 3.19. The first-order chi connectivity index (χ1) is 7.66. The van der Waals surface area contributed by atoms with E-state index < -0.39 is 0 Å². The van der Waals surface area contributed by atoms with Crippen LogP contribution in [0.4, 0.5) is 10.1 Å². The molecule has 0 aliphatic heterocycles. The van der Waals surface area contributed by atoms with Gasteiger partial charge >= 0.3 is 0 Å². The molecule has 0 spiro atoms. The number of nitrogens with one attached hydrogen (secondary N) is 1. The van der Waals surface area contributed by atoms with E-state index in [4.69, 9.17) is 0 Å². The topological polar surface area (TPSA) is 24.9 Å². The second-order valence-corrected chi connectivity index (χ2v) is 4.46. The number of thiazole rings is 1. The number of hydrogen-bond donors (Lipinski definition) is 1. The maximum absolute atomic E-state index is 12.9. The van der Waals surface area contributed by atoms with Crippen LogP contribution in [0, 0.1) is 12.7 Å². The Hall–Kier alpha value is -1.42. The Morgan fingerprint density at radius 1 is 1.44 bits per heavy atom. The largest absolute Gasteiger partial charge is 0.377 e. The first-order valence-corrected chi connectivity index (χ1v) is 6.02. The second-order valence-electron chi connectivity index (χ2n) is 3.74. The molecule has 0 radical (unpaired) electrons. The van der Waals surface area contributed by atoms with Gasteiger partial charge in [0.1, 0.15) is 5.82 Å². The summed E-state index contributed by atoms with van der Waals surface area (Å²) in [5, 5.41) is 5.33. The lowest BCUT2D eigenvalue weighted by molar-refractivity contribution is 0.626. The van der Waals surface area contributed by atoms with Gasteiger partial charge in [-0.3, -0.25) is 0 Å². The van der Waals surface area contributed by atoms with Crippen molar-refractivity contribution >= 4 is 17.0 Å². The third-order valence-corrected chi connectivity index (χ3v) is 3.06. The summed E-state index contributed by atoms with van der Waals surface area (Å²) in [4.78, 5) is 4.24. The summed E-state index contributed by atoms with van der Waals surface area (Å²) in [7, 11) is 0. The number of nitrogens with zero attached hydrogens (tertiary/aromatic N) is 1. The molecule has 1 N–H and O–H groups in total. The van der Waals surface area contributed by atoms with Crippen molar-refractivity contribution in [2.45, 2.75) is 19.9 Å². The summed E-state index contributed by atoms with van der Waals surface area (Å²) in [6.07, 6.45) is 0. The minimum absolute atomic E-state index is 0.135. The highest BCUT2D eigenvalue weighted by Gasteiger charge is 2.08. The van der Waals surface area contributed by atoms with Crippen LogP contribution in [0.5, 0.6) is 0 Å². The molecular formula is C12H13FN2S. The van der Waals surface area contributed by atoms with Crippen molar-refractivity contribution in [3.63, 3.8) is 0 Å². The van der Waals surface area contributed by atoms with Crippen LogP contribution in [0.2, 0.25) is 0 Å². The number of rotatable bonds is 3. The molecule has 1 aromatic heterocycles. The molecule has 16 heavy (non-hydrogen) atoms. The average molecular weight is 236 g/mol. The lowest BCUT2D eigenvalue weighted by Gasteiger charge is -2.15. The normalized spacial score (nSPS) is 12.4. The third kappa shape index (κ3) is 2.39. The lowest BCUT2D eigenvalue weighted by atomic mass is 10.1. The van der Waals surface area contributed by atoms with Crippen LogP contribution >= 0.6 is 11.3 Å². The molecular weight excluding hydrogens is 223 g/mol. The van der Waals surface area contributed by atoms with Crippen molar-refractivity contribution in [1.29, 1.82) is 0 Å². The summed E-state index contributed by atoms with van der Waals surface area (Å²) >= 11 is 1.57. The molecule has 2 aromatic rings. The molecule has 0 aliphatic rings. The summed E-state index contributed by atoms with van der Waals surface area (Å²) < 4.78 is 12.9. The van der Waals surface area contributed by atoms with Crippen molar-refractivity contribution in [2.75, 3.05) is 5.32 Å². The molecule has 0 aliphatic carbocycles. The van der Waals surface area contributed by atoms with Crippen molar-refractivity contribution < 1.29 is 4.39 Å². The monoisotopic (exact) mass is 236 g/mol. The Labute approximate surface area is 98.2 Å². The van der Waals surface area contributed by atoms with E-state index in [1.54, 1.807) is 17.4 Å². The van der Waals surface area contributed by atoms with E-state index in [0.29, 0.717) is 0 Å². The van der Waals surface area contributed by atoms with E-state index in [9.17, 15) is 4.39 Å². The van der Waals surface area contributed by atoms with Crippen LogP contribution in [0.3, 0.4) is 0 Å². The zero-order chi connectivity index (χ0) is 11.5. The lowest BCUT2D eigenvalue weighted by Crippen LogP contribution is -2.07. The number of anilines is 1. The van der Waals surface area contributed by atoms with Gasteiger partial charge in [-0.05, 0) is 37.6 Å². The van der Waals surface area contributed by atoms with Crippen LogP contribution in [-0.2, 0) is 0 Å². The fourth-order valence-electron chi connectivity index (χ4n) is 1.53. The quantitative estimate of drug-likeness (QED) is 0.877. The molecule has 0 saturated heterocycles. The van der Waals surface area contributed by atoms with Gasteiger partial charge in [-0.1, -0.05) is 0 Å². The Balaban J connectivity index is 2.15. The summed E-state index contributed by atoms with van der Waals surface area (Å²) in [6.45, 7) is 3.93. The van der Waals surface area contributed by atoms with E-state index in [-0.39, 0.29) is 11.9 Å². The van der Waals surface area contributed by atoms with Gasteiger partial charge < -0.3 is 5.32 Å². The maximum atomic E-state index is 12.9. The molecule has 1 aromatic carbocycles. The van der Waals surface area contributed by atoms with Crippen LogP contribution in [0.25, 0.3) is 0 Å². The Morgan fingerprint density at radius 2 is 2.25 bits per heavy atom. The molecule has 0 bridgehead atoms. The minimum atomic E-state index is -0.204. The maximum Gasteiger partial charge on any atom is 0.123 e. The molecule has 0 fully saturated rings. The van der Waals surface area contributed by atoms with Gasteiger partial charge in [-0.15, -0.1) is 11.3 Å². The van der Waals surface area contributed by atoms with Crippen LogP contribution < -0.4 is 5.32 Å². The predicted octanol–water partition coefficient (Wildman–Crippen LogP) is 3.76. The van der Waals surface area contributed by atoms with Gasteiger partial charge in [0.25, 0.3) is 0 Å². The van der Waals surface area contributed by atoms with Gasteiger partial charge in [-0.25, -0.2) is 9.37 Å². The highest BCUT2D eigenvalue weighted by atomic mass is 32.1. The molecule has 2 rings (SSSR count). The van der Waals surface area contributed by atoms with Gasteiger partial charge in [0.05, 0.1) is 17.2 Å². The first-order valence-electron chi connectivity index (χ1n) is 5.07. The number of benzene rings is 1. The zero-order valence-electron chi connectivity index (χ0n) is 9.20. The van der Waals surface area contributed by atoms with E-state index in [0.717, 1.165) is 16.9 Å². The summed E-state index contributed by atoms with van der Waals surface area (Å²) in [6, 6.07) is 4.88. The molecule has 84 valence electrons. The van der Waals surface area contributed by atoms with E-state index in [2.05, 4.69) is 10.3 Å². The second kappa shape index (κ2) is 4.61. The predicted molar refractivity (Wildman–Crippen MR) is 65.3 cm³/mol. The molecule has 0 amide bonds. The highest BCUT2D eigenvalue weighted by Crippen LogP contribution is 2.22. The van der Waals surface area contributed by atoms with Gasteiger partial charge in [-0.2, -0.15) is 0 Å². The SMILES string of the molecule is Cc1cc(F)ccc1NC(C)c1cscn1. The van der Waals surface area contributed by atoms with E-state index >= 15 is 0 Å². The smallest absolute Gasteiger partial charge is 0.123 e.